The number of anilines is 1. The molecule has 0 bridgehead atoms. The van der Waals surface area contributed by atoms with E-state index < -0.39 is 0 Å². The highest BCUT2D eigenvalue weighted by Gasteiger charge is 2.46. The van der Waals surface area contributed by atoms with Gasteiger partial charge >= 0.3 is 0 Å². The number of likely N-dealkylation sites (tertiary alicyclic amines) is 1. The zero-order valence-electron chi connectivity index (χ0n) is 14.4. The van der Waals surface area contributed by atoms with E-state index in [2.05, 4.69) is 4.90 Å². The van der Waals surface area contributed by atoms with E-state index in [-0.39, 0.29) is 11.3 Å². The number of aromatic nitrogens is 2. The lowest BCUT2D eigenvalue weighted by Crippen LogP contribution is -2.43. The molecule has 0 saturated carbocycles. The van der Waals surface area contributed by atoms with Crippen molar-refractivity contribution in [3.63, 3.8) is 0 Å². The van der Waals surface area contributed by atoms with E-state index in [1.54, 1.807) is 6.92 Å². The summed E-state index contributed by atoms with van der Waals surface area (Å²) in [4.78, 5) is 25.6. The summed E-state index contributed by atoms with van der Waals surface area (Å²) in [6.07, 6.45) is 0.901. The molecule has 4 rings (SSSR count). The van der Waals surface area contributed by atoms with E-state index in [9.17, 15) is 4.79 Å². The summed E-state index contributed by atoms with van der Waals surface area (Å²) in [6.45, 7) is 9.39. The minimum atomic E-state index is -0.187. The van der Waals surface area contributed by atoms with E-state index in [1.807, 2.05) is 11.8 Å². The Labute approximate surface area is 142 Å². The Balaban J connectivity index is 1.73. The van der Waals surface area contributed by atoms with Gasteiger partial charge in [-0.15, -0.1) is 0 Å². The SMILES string of the molecule is CC(=O)N1CC[C@@]2(COCc3c(C)nc(N4CCOCC4)nc32)C1. The third-order valence-corrected chi connectivity index (χ3v) is 5.42. The monoisotopic (exact) mass is 332 g/mol. The molecular weight excluding hydrogens is 308 g/mol. The van der Waals surface area contributed by atoms with Crippen LogP contribution in [0.3, 0.4) is 0 Å². The number of hydrogen-bond acceptors (Lipinski definition) is 6. The molecule has 0 unspecified atom stereocenters. The Morgan fingerprint density at radius 3 is 2.67 bits per heavy atom. The minimum absolute atomic E-state index is 0.123. The van der Waals surface area contributed by atoms with Gasteiger partial charge in [-0.1, -0.05) is 0 Å². The van der Waals surface area contributed by atoms with Crippen molar-refractivity contribution >= 4 is 11.9 Å². The second-order valence-electron chi connectivity index (χ2n) is 7.00. The van der Waals surface area contributed by atoms with Crippen molar-refractivity contribution in [2.45, 2.75) is 32.3 Å². The third kappa shape index (κ3) is 2.56. The lowest BCUT2D eigenvalue weighted by molar-refractivity contribution is -0.128. The second-order valence-corrected chi connectivity index (χ2v) is 7.00. The van der Waals surface area contributed by atoms with Crippen LogP contribution in [0, 0.1) is 6.92 Å². The first-order valence-electron chi connectivity index (χ1n) is 8.63. The lowest BCUT2D eigenvalue weighted by atomic mass is 9.80. The maximum absolute atomic E-state index is 11.8. The van der Waals surface area contributed by atoms with Crippen molar-refractivity contribution in [1.82, 2.24) is 14.9 Å². The molecular formula is C17H24N4O3. The first-order chi connectivity index (χ1) is 11.6. The number of carbonyl (C=O) groups is 1. The molecule has 0 aliphatic carbocycles. The van der Waals surface area contributed by atoms with Gasteiger partial charge in [0.15, 0.2) is 0 Å². The average molecular weight is 332 g/mol. The predicted octanol–water partition coefficient (Wildman–Crippen LogP) is 0.642. The van der Waals surface area contributed by atoms with Crippen LogP contribution in [0.5, 0.6) is 0 Å². The van der Waals surface area contributed by atoms with Gasteiger partial charge in [0, 0.05) is 44.4 Å². The zero-order valence-corrected chi connectivity index (χ0v) is 14.4. The van der Waals surface area contributed by atoms with Gasteiger partial charge in [0.05, 0.1) is 37.5 Å². The van der Waals surface area contributed by atoms with Gasteiger partial charge in [-0.3, -0.25) is 4.79 Å². The van der Waals surface area contributed by atoms with Crippen molar-refractivity contribution in [2.24, 2.45) is 0 Å². The fourth-order valence-corrected chi connectivity index (χ4v) is 3.97. The summed E-state index contributed by atoms with van der Waals surface area (Å²) in [6, 6.07) is 0. The van der Waals surface area contributed by atoms with Crippen LogP contribution >= 0.6 is 0 Å². The number of nitrogens with zero attached hydrogens (tertiary/aromatic N) is 4. The van der Waals surface area contributed by atoms with E-state index in [0.29, 0.717) is 33.0 Å². The maximum atomic E-state index is 11.8. The van der Waals surface area contributed by atoms with Crippen molar-refractivity contribution in [3.05, 3.63) is 17.0 Å². The summed E-state index contributed by atoms with van der Waals surface area (Å²) in [7, 11) is 0. The fraction of sp³-hybridized carbons (Fsp3) is 0.706. The van der Waals surface area contributed by atoms with Crippen molar-refractivity contribution < 1.29 is 14.3 Å². The van der Waals surface area contributed by atoms with Crippen LogP contribution in [0.1, 0.15) is 30.3 Å². The van der Waals surface area contributed by atoms with Crippen LogP contribution in [-0.4, -0.2) is 66.8 Å². The van der Waals surface area contributed by atoms with Crippen LogP contribution in [-0.2, 0) is 26.3 Å². The number of amides is 1. The van der Waals surface area contributed by atoms with Gasteiger partial charge in [0.2, 0.25) is 11.9 Å². The molecule has 0 aromatic carbocycles. The molecule has 1 atom stereocenters. The highest BCUT2D eigenvalue weighted by Crippen LogP contribution is 2.40. The smallest absolute Gasteiger partial charge is 0.225 e. The first-order valence-corrected chi connectivity index (χ1v) is 8.63. The number of hydrogen-bond donors (Lipinski definition) is 0. The van der Waals surface area contributed by atoms with Crippen molar-refractivity contribution in [2.75, 3.05) is 50.9 Å². The molecule has 2 saturated heterocycles. The molecule has 0 N–H and O–H groups in total. The molecule has 1 amide bonds. The van der Waals surface area contributed by atoms with Crippen LogP contribution in [0.2, 0.25) is 0 Å². The summed E-state index contributed by atoms with van der Waals surface area (Å²) >= 11 is 0. The number of morpholine rings is 1. The largest absolute Gasteiger partial charge is 0.378 e. The molecule has 1 aromatic rings. The number of ether oxygens (including phenoxy) is 2. The summed E-state index contributed by atoms with van der Waals surface area (Å²) in [5, 5.41) is 0. The van der Waals surface area contributed by atoms with E-state index in [1.165, 1.54) is 0 Å². The quantitative estimate of drug-likeness (QED) is 0.752. The molecule has 3 aliphatic rings. The van der Waals surface area contributed by atoms with Crippen molar-refractivity contribution in [1.29, 1.82) is 0 Å². The highest BCUT2D eigenvalue weighted by molar-refractivity contribution is 5.74. The molecule has 4 heterocycles. The van der Waals surface area contributed by atoms with Gasteiger partial charge in [-0.05, 0) is 13.3 Å². The van der Waals surface area contributed by atoms with E-state index >= 15 is 0 Å². The topological polar surface area (TPSA) is 67.8 Å². The average Bonchev–Trinajstić information content (AvgIpc) is 3.02. The molecule has 2 fully saturated rings. The zero-order chi connectivity index (χ0) is 16.7. The molecule has 3 aliphatic heterocycles. The number of rotatable bonds is 1. The number of carbonyl (C=O) groups excluding carboxylic acids is 1. The van der Waals surface area contributed by atoms with E-state index in [4.69, 9.17) is 19.4 Å². The first kappa shape index (κ1) is 15.8. The van der Waals surface area contributed by atoms with Gasteiger partial charge in [-0.2, -0.15) is 0 Å². The van der Waals surface area contributed by atoms with Gasteiger partial charge in [-0.25, -0.2) is 9.97 Å². The second kappa shape index (κ2) is 5.97. The Kier molecular flexibility index (Phi) is 3.92. The normalized spacial score (nSPS) is 26.8. The third-order valence-electron chi connectivity index (χ3n) is 5.42. The molecule has 7 nitrogen and oxygen atoms in total. The van der Waals surface area contributed by atoms with Crippen LogP contribution in [0.25, 0.3) is 0 Å². The Bertz CT molecular complexity index is 659. The molecule has 0 radical (unpaired) electrons. The lowest BCUT2D eigenvalue weighted by Gasteiger charge is -2.36. The minimum Gasteiger partial charge on any atom is -0.378 e. The van der Waals surface area contributed by atoms with Crippen LogP contribution in [0.4, 0.5) is 5.95 Å². The Morgan fingerprint density at radius 1 is 1.17 bits per heavy atom. The Morgan fingerprint density at radius 2 is 1.96 bits per heavy atom. The molecule has 1 spiro atoms. The number of fused-ring (bicyclic) bond motifs is 2. The number of aryl methyl sites for hydroxylation is 1. The summed E-state index contributed by atoms with van der Waals surface area (Å²) < 4.78 is 11.3. The standard InChI is InChI=1S/C17H24N4O3/c1-12-14-9-24-11-17(3-4-21(10-17)13(2)22)15(14)19-16(18-12)20-5-7-23-8-6-20/h3-11H2,1-2H3/t17-/m0/s1. The van der Waals surface area contributed by atoms with Crippen LogP contribution < -0.4 is 4.90 Å². The Hall–Kier alpha value is -1.73. The summed E-state index contributed by atoms with van der Waals surface area (Å²) in [5.74, 6) is 0.912. The molecule has 1 aromatic heterocycles. The highest BCUT2D eigenvalue weighted by atomic mass is 16.5. The van der Waals surface area contributed by atoms with Crippen LogP contribution in [0.15, 0.2) is 0 Å². The summed E-state index contributed by atoms with van der Waals surface area (Å²) in [5.41, 5.74) is 2.99. The van der Waals surface area contributed by atoms with E-state index in [0.717, 1.165) is 49.0 Å². The van der Waals surface area contributed by atoms with Gasteiger partial charge < -0.3 is 19.3 Å². The maximum Gasteiger partial charge on any atom is 0.225 e. The van der Waals surface area contributed by atoms with Crippen molar-refractivity contribution in [3.8, 4) is 0 Å². The van der Waals surface area contributed by atoms with Gasteiger partial charge in [0.25, 0.3) is 0 Å². The van der Waals surface area contributed by atoms with Gasteiger partial charge in [0.1, 0.15) is 0 Å². The fourth-order valence-electron chi connectivity index (χ4n) is 3.97. The predicted molar refractivity (Wildman–Crippen MR) is 88.0 cm³/mol. The molecule has 7 heteroatoms. The molecule has 24 heavy (non-hydrogen) atoms. The molecule has 130 valence electrons.